The molecule has 0 fully saturated rings. The molecule has 1 aromatic heterocycles. The first-order valence-corrected chi connectivity index (χ1v) is 12.8. The number of nitrogens with zero attached hydrogens (tertiary/aromatic N) is 2. The fourth-order valence-corrected chi connectivity index (χ4v) is 5.66. The molecule has 0 saturated heterocycles. The topological polar surface area (TPSA) is 54.9 Å². The second-order valence-electron chi connectivity index (χ2n) is 7.60. The normalized spacial score (nSPS) is 11.3. The Kier molecular flexibility index (Phi) is 8.36. The number of thioether (sulfide) groups is 2. The van der Waals surface area contributed by atoms with Gasteiger partial charge in [-0.05, 0) is 34.6 Å². The number of hydrogen-bond acceptors (Lipinski definition) is 6. The van der Waals surface area contributed by atoms with Crippen molar-refractivity contribution in [1.82, 2.24) is 10.2 Å². The quantitative estimate of drug-likeness (QED) is 0.358. The largest absolute Gasteiger partial charge is 0.325 e. The number of carbonyl (C=O) groups excluding carboxylic acids is 1. The summed E-state index contributed by atoms with van der Waals surface area (Å²) < 4.78 is 1.75. The molecule has 0 radical (unpaired) electrons. The molecule has 0 bridgehead atoms. The van der Waals surface area contributed by atoms with E-state index in [1.165, 1.54) is 22.9 Å². The highest BCUT2D eigenvalue weighted by molar-refractivity contribution is 8.03. The van der Waals surface area contributed by atoms with Gasteiger partial charge in [0.2, 0.25) is 5.91 Å². The first-order chi connectivity index (χ1) is 14.4. The molecule has 0 saturated carbocycles. The summed E-state index contributed by atoms with van der Waals surface area (Å²) in [6.45, 7) is 8.65. The minimum atomic E-state index is -0.0252. The first-order valence-electron chi connectivity index (χ1n) is 9.99. The standard InChI is InChI=1S/C23H27N3OS3/c1-15(2)18-11-9-17(10-12-18)13-28-22-25-26-23(30-22)29-14-21(27)24-20-8-6-5-7-19(20)16(3)4/h5-12,15-16H,13-14H2,1-4H3,(H,24,27). The third-order valence-electron chi connectivity index (χ3n) is 4.58. The van der Waals surface area contributed by atoms with Crippen LogP contribution in [0, 0.1) is 0 Å². The van der Waals surface area contributed by atoms with Crippen LogP contribution in [0.15, 0.2) is 57.2 Å². The number of hydrogen-bond donors (Lipinski definition) is 1. The van der Waals surface area contributed by atoms with Crippen molar-refractivity contribution < 1.29 is 4.79 Å². The Morgan fingerprint density at radius 2 is 1.60 bits per heavy atom. The van der Waals surface area contributed by atoms with Gasteiger partial charge in [0.1, 0.15) is 0 Å². The number of anilines is 1. The Morgan fingerprint density at radius 3 is 2.27 bits per heavy atom. The highest BCUT2D eigenvalue weighted by atomic mass is 32.2. The highest BCUT2D eigenvalue weighted by Gasteiger charge is 2.12. The predicted octanol–water partition coefficient (Wildman–Crippen LogP) is 6.81. The molecule has 7 heteroatoms. The molecule has 0 aliphatic heterocycles. The fourth-order valence-electron chi connectivity index (χ4n) is 2.89. The Morgan fingerprint density at radius 1 is 0.933 bits per heavy atom. The van der Waals surface area contributed by atoms with Crippen LogP contribution in [0.4, 0.5) is 5.69 Å². The van der Waals surface area contributed by atoms with E-state index in [1.807, 2.05) is 18.2 Å². The fraction of sp³-hybridized carbons (Fsp3) is 0.348. The molecule has 0 unspecified atom stereocenters. The van der Waals surface area contributed by atoms with Crippen molar-refractivity contribution >= 4 is 46.5 Å². The molecule has 3 aromatic rings. The van der Waals surface area contributed by atoms with Crippen molar-refractivity contribution in [3.8, 4) is 0 Å². The van der Waals surface area contributed by atoms with Crippen molar-refractivity contribution in [3.63, 3.8) is 0 Å². The lowest BCUT2D eigenvalue weighted by atomic mass is 10.0. The number of aromatic nitrogens is 2. The van der Waals surface area contributed by atoms with E-state index in [0.29, 0.717) is 17.6 Å². The maximum absolute atomic E-state index is 12.4. The van der Waals surface area contributed by atoms with Crippen molar-refractivity contribution in [2.24, 2.45) is 0 Å². The molecular formula is C23H27N3OS3. The monoisotopic (exact) mass is 457 g/mol. The molecule has 4 nitrogen and oxygen atoms in total. The summed E-state index contributed by atoms with van der Waals surface area (Å²) in [6, 6.07) is 16.7. The van der Waals surface area contributed by atoms with Crippen LogP contribution in [0.2, 0.25) is 0 Å². The van der Waals surface area contributed by atoms with Gasteiger partial charge in [0.25, 0.3) is 0 Å². The van der Waals surface area contributed by atoms with Crippen LogP contribution >= 0.6 is 34.9 Å². The van der Waals surface area contributed by atoms with Crippen LogP contribution < -0.4 is 5.32 Å². The van der Waals surface area contributed by atoms with Crippen LogP contribution in [0.25, 0.3) is 0 Å². The average Bonchev–Trinajstić information content (AvgIpc) is 3.19. The van der Waals surface area contributed by atoms with Gasteiger partial charge in [0, 0.05) is 11.4 Å². The molecule has 158 valence electrons. The molecule has 3 rings (SSSR count). The van der Waals surface area contributed by atoms with Gasteiger partial charge < -0.3 is 5.32 Å². The summed E-state index contributed by atoms with van der Waals surface area (Å²) in [5.41, 5.74) is 4.66. The number of carbonyl (C=O) groups is 1. The zero-order chi connectivity index (χ0) is 21.5. The van der Waals surface area contributed by atoms with Crippen molar-refractivity contribution in [3.05, 3.63) is 65.2 Å². The van der Waals surface area contributed by atoms with Crippen LogP contribution in [-0.4, -0.2) is 21.9 Å². The Bertz CT molecular complexity index is 968. The van der Waals surface area contributed by atoms with Gasteiger partial charge in [0.15, 0.2) is 8.68 Å². The van der Waals surface area contributed by atoms with Crippen molar-refractivity contribution in [2.75, 3.05) is 11.1 Å². The summed E-state index contributed by atoms with van der Waals surface area (Å²) in [6.07, 6.45) is 0. The van der Waals surface area contributed by atoms with E-state index in [9.17, 15) is 4.79 Å². The zero-order valence-electron chi connectivity index (χ0n) is 17.7. The summed E-state index contributed by atoms with van der Waals surface area (Å²) in [4.78, 5) is 12.4. The van der Waals surface area contributed by atoms with Gasteiger partial charge in [0.05, 0.1) is 5.75 Å². The van der Waals surface area contributed by atoms with Gasteiger partial charge in [-0.1, -0.05) is 105 Å². The van der Waals surface area contributed by atoms with Gasteiger partial charge in [-0.15, -0.1) is 10.2 Å². The maximum Gasteiger partial charge on any atom is 0.234 e. The lowest BCUT2D eigenvalue weighted by molar-refractivity contribution is -0.113. The molecule has 2 aromatic carbocycles. The zero-order valence-corrected chi connectivity index (χ0v) is 20.2. The van der Waals surface area contributed by atoms with E-state index in [1.54, 1.807) is 23.1 Å². The summed E-state index contributed by atoms with van der Waals surface area (Å²) in [5.74, 6) is 2.07. The van der Waals surface area contributed by atoms with Crippen LogP contribution in [0.1, 0.15) is 56.2 Å². The third kappa shape index (κ3) is 6.59. The molecule has 1 amide bonds. The average molecular weight is 458 g/mol. The number of amides is 1. The van der Waals surface area contributed by atoms with E-state index >= 15 is 0 Å². The summed E-state index contributed by atoms with van der Waals surface area (Å²) in [7, 11) is 0. The molecular weight excluding hydrogens is 430 g/mol. The van der Waals surface area contributed by atoms with Crippen LogP contribution in [-0.2, 0) is 10.5 Å². The summed E-state index contributed by atoms with van der Waals surface area (Å²) >= 11 is 4.65. The molecule has 0 spiro atoms. The minimum absolute atomic E-state index is 0.0252. The van der Waals surface area contributed by atoms with E-state index in [2.05, 4.69) is 73.5 Å². The Labute approximate surface area is 191 Å². The van der Waals surface area contributed by atoms with E-state index in [0.717, 1.165) is 25.7 Å². The van der Waals surface area contributed by atoms with Crippen LogP contribution in [0.3, 0.4) is 0 Å². The second kappa shape index (κ2) is 11.0. The molecule has 0 aliphatic carbocycles. The third-order valence-corrected chi connectivity index (χ3v) is 7.84. The predicted molar refractivity (Wildman–Crippen MR) is 130 cm³/mol. The molecule has 0 aliphatic rings. The SMILES string of the molecule is CC(C)c1ccc(CSc2nnc(SCC(=O)Nc3ccccc3C(C)C)s2)cc1. The van der Waals surface area contributed by atoms with Gasteiger partial charge in [-0.25, -0.2) is 0 Å². The maximum atomic E-state index is 12.4. The number of benzene rings is 2. The Hall–Kier alpha value is -1.83. The minimum Gasteiger partial charge on any atom is -0.325 e. The summed E-state index contributed by atoms with van der Waals surface area (Å²) in [5, 5.41) is 11.5. The van der Waals surface area contributed by atoms with Crippen molar-refractivity contribution in [1.29, 1.82) is 0 Å². The van der Waals surface area contributed by atoms with Crippen molar-refractivity contribution in [2.45, 2.75) is 54.0 Å². The molecule has 1 heterocycles. The van der Waals surface area contributed by atoms with Gasteiger partial charge in [-0.2, -0.15) is 0 Å². The first kappa shape index (κ1) is 22.8. The van der Waals surface area contributed by atoms with Gasteiger partial charge in [-0.3, -0.25) is 4.79 Å². The number of rotatable bonds is 9. The van der Waals surface area contributed by atoms with E-state index in [4.69, 9.17) is 0 Å². The Balaban J connectivity index is 1.48. The molecule has 1 N–H and O–H groups in total. The second-order valence-corrected chi connectivity index (χ2v) is 11.0. The number of para-hydroxylation sites is 1. The molecule has 0 atom stereocenters. The molecule has 30 heavy (non-hydrogen) atoms. The van der Waals surface area contributed by atoms with E-state index < -0.39 is 0 Å². The number of nitrogens with one attached hydrogen (secondary N) is 1. The lowest BCUT2D eigenvalue weighted by Crippen LogP contribution is -2.15. The lowest BCUT2D eigenvalue weighted by Gasteiger charge is -2.13. The smallest absolute Gasteiger partial charge is 0.234 e. The van der Waals surface area contributed by atoms with E-state index in [-0.39, 0.29) is 5.91 Å². The van der Waals surface area contributed by atoms with Gasteiger partial charge >= 0.3 is 0 Å². The van der Waals surface area contributed by atoms with Crippen LogP contribution in [0.5, 0.6) is 0 Å². The highest BCUT2D eigenvalue weighted by Crippen LogP contribution is 2.31.